The smallest absolute Gasteiger partial charge is 0.350 e. The molecular formula is C30H27N2O4PS2. The van der Waals surface area contributed by atoms with Crippen molar-refractivity contribution < 1.29 is 19.1 Å². The number of hydrogen-bond donors (Lipinski definition) is 1. The largest absolute Gasteiger partial charge is 0.462 e. The highest BCUT2D eigenvalue weighted by Gasteiger charge is 2.32. The van der Waals surface area contributed by atoms with E-state index in [2.05, 4.69) is 36.4 Å². The Labute approximate surface area is 235 Å². The number of carbonyl (C=O) groups is 2. The predicted octanol–water partition coefficient (Wildman–Crippen LogP) is 6.71. The standard InChI is InChI=1S/C30H27N2O4PS2/c1-3-35-28(33)26-24(31)23-25(27(29(34)36-4-2)39-30(23)38-26)32-37(20-14-8-5-9-15-20,21-16-10-6-11-17-21)22-18-12-7-13-19-22/h5-19H,3-4,31H2,1-2H3. The van der Waals surface area contributed by atoms with Gasteiger partial charge in [0.2, 0.25) is 0 Å². The van der Waals surface area contributed by atoms with Gasteiger partial charge in [0.25, 0.3) is 0 Å². The van der Waals surface area contributed by atoms with Crippen molar-refractivity contribution in [1.29, 1.82) is 0 Å². The second kappa shape index (κ2) is 11.6. The highest BCUT2D eigenvalue weighted by atomic mass is 32.2. The minimum Gasteiger partial charge on any atom is -0.462 e. The highest BCUT2D eigenvalue weighted by Crippen LogP contribution is 2.55. The Morgan fingerprint density at radius 1 is 0.718 bits per heavy atom. The summed E-state index contributed by atoms with van der Waals surface area (Å²) in [6, 6.07) is 30.4. The molecule has 39 heavy (non-hydrogen) atoms. The molecule has 2 aromatic heterocycles. The van der Waals surface area contributed by atoms with Gasteiger partial charge in [-0.25, -0.2) is 9.59 Å². The molecule has 0 aliphatic rings. The average Bonchev–Trinajstić information content (AvgIpc) is 3.49. The molecule has 0 spiro atoms. The maximum Gasteiger partial charge on any atom is 0.350 e. The summed E-state index contributed by atoms with van der Waals surface area (Å²) in [6.07, 6.45) is 0. The van der Waals surface area contributed by atoms with E-state index in [4.69, 9.17) is 20.0 Å². The number of carbonyl (C=O) groups excluding carboxylic acids is 2. The monoisotopic (exact) mass is 574 g/mol. The molecule has 0 fully saturated rings. The van der Waals surface area contributed by atoms with Crippen LogP contribution in [-0.2, 0) is 9.47 Å². The maximum absolute atomic E-state index is 13.3. The molecule has 0 saturated heterocycles. The van der Waals surface area contributed by atoms with Gasteiger partial charge in [-0.15, -0.1) is 22.7 Å². The Morgan fingerprint density at radius 3 is 1.56 bits per heavy atom. The van der Waals surface area contributed by atoms with E-state index in [0.717, 1.165) is 19.9 Å². The van der Waals surface area contributed by atoms with Crippen LogP contribution in [0.15, 0.2) is 95.7 Å². The second-order valence-corrected chi connectivity index (χ2v) is 13.8. The van der Waals surface area contributed by atoms with E-state index < -0.39 is 19.0 Å². The van der Waals surface area contributed by atoms with Crippen LogP contribution in [0.3, 0.4) is 0 Å². The van der Waals surface area contributed by atoms with Crippen LogP contribution in [0.2, 0.25) is 0 Å². The van der Waals surface area contributed by atoms with E-state index >= 15 is 0 Å². The first kappa shape index (κ1) is 26.9. The van der Waals surface area contributed by atoms with Crippen LogP contribution < -0.4 is 21.6 Å². The van der Waals surface area contributed by atoms with Gasteiger partial charge in [0.15, 0.2) is 0 Å². The number of hydrogen-bond acceptors (Lipinski definition) is 8. The summed E-state index contributed by atoms with van der Waals surface area (Å²) in [6.45, 7) is 3.98. The third kappa shape index (κ3) is 4.91. The first-order valence-electron chi connectivity index (χ1n) is 12.5. The summed E-state index contributed by atoms with van der Waals surface area (Å²) in [5, 5.41) is 3.66. The molecule has 0 atom stereocenters. The minimum absolute atomic E-state index is 0.226. The van der Waals surface area contributed by atoms with E-state index in [0.29, 0.717) is 20.8 Å². The molecule has 5 aromatic rings. The van der Waals surface area contributed by atoms with Crippen molar-refractivity contribution in [2.45, 2.75) is 13.8 Å². The SMILES string of the molecule is CCOC(=O)c1sc2sc(C(=O)OCC)c(N=P(c3ccccc3)(c3ccccc3)c3ccccc3)c2c1N. The zero-order valence-corrected chi connectivity index (χ0v) is 24.0. The van der Waals surface area contributed by atoms with Crippen molar-refractivity contribution in [3.05, 3.63) is 101 Å². The Morgan fingerprint density at radius 2 is 1.13 bits per heavy atom. The second-order valence-electron chi connectivity index (χ2n) is 8.47. The highest BCUT2D eigenvalue weighted by molar-refractivity contribution is 7.87. The molecule has 2 heterocycles. The molecule has 0 aliphatic heterocycles. The Balaban J connectivity index is 1.95. The number of fused-ring (bicyclic) bond motifs is 1. The summed E-state index contributed by atoms with van der Waals surface area (Å²) in [5.41, 5.74) is 7.33. The number of anilines is 1. The summed E-state index contributed by atoms with van der Waals surface area (Å²) < 4.78 is 17.0. The Bertz CT molecular complexity index is 1580. The van der Waals surface area contributed by atoms with Gasteiger partial charge in [-0.3, -0.25) is 4.74 Å². The molecule has 0 bridgehead atoms. The van der Waals surface area contributed by atoms with Crippen molar-refractivity contribution in [2.24, 2.45) is 4.74 Å². The van der Waals surface area contributed by atoms with Crippen LogP contribution in [0.1, 0.15) is 33.2 Å². The topological polar surface area (TPSA) is 91.0 Å². The Kier molecular flexibility index (Phi) is 7.98. The minimum atomic E-state index is -2.72. The molecule has 5 rings (SSSR count). The zero-order chi connectivity index (χ0) is 27.4. The number of esters is 2. The van der Waals surface area contributed by atoms with E-state index in [-0.39, 0.29) is 18.9 Å². The quantitative estimate of drug-likeness (QED) is 0.164. The fourth-order valence-corrected chi connectivity index (χ4v) is 10.5. The lowest BCUT2D eigenvalue weighted by Gasteiger charge is -2.27. The summed E-state index contributed by atoms with van der Waals surface area (Å²) >= 11 is 2.47. The molecular weight excluding hydrogens is 547 g/mol. The van der Waals surface area contributed by atoms with Gasteiger partial charge in [-0.2, -0.15) is 0 Å². The lowest BCUT2D eigenvalue weighted by molar-refractivity contribution is 0.0524. The van der Waals surface area contributed by atoms with Gasteiger partial charge in [0, 0.05) is 15.9 Å². The molecule has 0 unspecified atom stereocenters. The van der Waals surface area contributed by atoms with E-state index in [1.807, 2.05) is 54.6 Å². The molecule has 9 heteroatoms. The number of rotatable bonds is 8. The van der Waals surface area contributed by atoms with Gasteiger partial charge in [-0.1, -0.05) is 91.0 Å². The maximum atomic E-state index is 13.3. The van der Waals surface area contributed by atoms with Gasteiger partial charge in [-0.05, 0) is 13.8 Å². The van der Waals surface area contributed by atoms with Crippen LogP contribution in [0.5, 0.6) is 0 Å². The number of thiophene rings is 2. The fraction of sp³-hybridized carbons (Fsp3) is 0.133. The molecule has 0 radical (unpaired) electrons. The number of benzene rings is 3. The van der Waals surface area contributed by atoms with Crippen molar-refractivity contribution in [1.82, 2.24) is 0 Å². The number of nitrogens with zero attached hydrogens (tertiary/aromatic N) is 1. The normalized spacial score (nSPS) is 11.3. The summed E-state index contributed by atoms with van der Waals surface area (Å²) in [7, 11) is -2.72. The van der Waals surface area contributed by atoms with Crippen molar-refractivity contribution in [3.8, 4) is 0 Å². The van der Waals surface area contributed by atoms with Gasteiger partial charge in [0.1, 0.15) is 9.75 Å². The number of ether oxygens (including phenoxy) is 2. The molecule has 0 amide bonds. The third-order valence-electron chi connectivity index (χ3n) is 6.12. The molecule has 0 saturated carbocycles. The molecule has 3 aromatic carbocycles. The lowest BCUT2D eigenvalue weighted by atomic mass is 10.2. The molecule has 198 valence electrons. The summed E-state index contributed by atoms with van der Waals surface area (Å²) in [5.74, 6) is -0.948. The van der Waals surface area contributed by atoms with Crippen LogP contribution in [0.4, 0.5) is 11.4 Å². The van der Waals surface area contributed by atoms with Crippen molar-refractivity contribution in [3.63, 3.8) is 0 Å². The first-order valence-corrected chi connectivity index (χ1v) is 15.9. The first-order chi connectivity index (χ1) is 19.0. The molecule has 6 nitrogen and oxygen atoms in total. The van der Waals surface area contributed by atoms with E-state index in [1.54, 1.807) is 13.8 Å². The van der Waals surface area contributed by atoms with Crippen molar-refractivity contribution >= 4 is 78.4 Å². The van der Waals surface area contributed by atoms with E-state index in [1.165, 1.54) is 22.7 Å². The summed E-state index contributed by atoms with van der Waals surface area (Å²) in [4.78, 5) is 26.7. The van der Waals surface area contributed by atoms with Crippen LogP contribution in [0, 0.1) is 0 Å². The number of nitrogen functional groups attached to an aromatic ring is 1. The van der Waals surface area contributed by atoms with Crippen LogP contribution in [-0.4, -0.2) is 25.2 Å². The van der Waals surface area contributed by atoms with Gasteiger partial charge < -0.3 is 15.2 Å². The van der Waals surface area contributed by atoms with Crippen LogP contribution in [0.25, 0.3) is 9.40 Å². The lowest BCUT2D eigenvalue weighted by Crippen LogP contribution is -2.25. The average molecular weight is 575 g/mol. The fourth-order valence-electron chi connectivity index (χ4n) is 4.45. The number of nitrogens with two attached hydrogens (primary N) is 1. The van der Waals surface area contributed by atoms with E-state index in [9.17, 15) is 9.59 Å². The van der Waals surface area contributed by atoms with Gasteiger partial charge >= 0.3 is 11.9 Å². The molecule has 0 aliphatic carbocycles. The van der Waals surface area contributed by atoms with Gasteiger partial charge in [0.05, 0.1) is 41.0 Å². The third-order valence-corrected chi connectivity index (χ3v) is 12.2. The Hall–Kier alpha value is -3.71. The van der Waals surface area contributed by atoms with Crippen molar-refractivity contribution in [2.75, 3.05) is 18.9 Å². The molecule has 2 N–H and O–H groups in total. The van der Waals surface area contributed by atoms with Crippen LogP contribution >= 0.6 is 29.7 Å². The zero-order valence-electron chi connectivity index (χ0n) is 21.5. The predicted molar refractivity (Wildman–Crippen MR) is 163 cm³/mol.